The normalized spacial score (nSPS) is 17.1. The summed E-state index contributed by atoms with van der Waals surface area (Å²) in [6, 6.07) is 3.01. The van der Waals surface area contributed by atoms with Crippen molar-refractivity contribution in [3.8, 4) is 11.5 Å². The van der Waals surface area contributed by atoms with E-state index >= 15 is 0 Å². The first-order valence-corrected chi connectivity index (χ1v) is 7.84. The molecule has 3 amide bonds. The van der Waals surface area contributed by atoms with Gasteiger partial charge in [0.2, 0.25) is 11.8 Å². The van der Waals surface area contributed by atoms with E-state index in [9.17, 15) is 27.6 Å². The minimum absolute atomic E-state index is 0.123. The molecule has 0 unspecified atom stereocenters. The molecular formula is C16H18F3N3O5. The first kappa shape index (κ1) is 20.3. The number of piperazine rings is 1. The summed E-state index contributed by atoms with van der Waals surface area (Å²) < 4.78 is 48.4. The number of benzene rings is 1. The zero-order valence-electron chi connectivity index (χ0n) is 14.6. The third kappa shape index (κ3) is 4.80. The zero-order chi connectivity index (χ0) is 20.2. The van der Waals surface area contributed by atoms with Crippen molar-refractivity contribution in [1.29, 1.82) is 0 Å². The van der Waals surface area contributed by atoms with Gasteiger partial charge < -0.3 is 25.0 Å². The molecule has 1 heterocycles. The summed E-state index contributed by atoms with van der Waals surface area (Å²) in [5.41, 5.74) is 0.215. The standard InChI is InChI=1S/C16H18F3N3O5/c1-26-9-3-4-12(27-2)10(7-9)21-13(23)8-11-14(24)20-5-6-22(11)15(25)16(17,18)19/h3-4,7,11H,5-6,8H2,1-2H3,(H,20,24)(H,21,23)/t11-/m0/s1. The topological polar surface area (TPSA) is 97.0 Å². The largest absolute Gasteiger partial charge is 0.497 e. The second kappa shape index (κ2) is 8.14. The molecule has 0 aromatic heterocycles. The minimum atomic E-state index is -5.14. The number of rotatable bonds is 5. The van der Waals surface area contributed by atoms with Crippen molar-refractivity contribution in [1.82, 2.24) is 10.2 Å². The highest BCUT2D eigenvalue weighted by Gasteiger charge is 2.47. The summed E-state index contributed by atoms with van der Waals surface area (Å²) in [5, 5.41) is 4.81. The molecule has 11 heteroatoms. The molecule has 2 N–H and O–H groups in total. The molecule has 27 heavy (non-hydrogen) atoms. The summed E-state index contributed by atoms with van der Waals surface area (Å²) >= 11 is 0. The van der Waals surface area contributed by atoms with Crippen LogP contribution in [0.1, 0.15) is 6.42 Å². The number of halogens is 3. The van der Waals surface area contributed by atoms with E-state index in [2.05, 4.69) is 10.6 Å². The number of nitrogens with one attached hydrogen (secondary N) is 2. The van der Waals surface area contributed by atoms with Crippen molar-refractivity contribution in [3.05, 3.63) is 18.2 Å². The van der Waals surface area contributed by atoms with E-state index in [0.29, 0.717) is 16.4 Å². The average Bonchev–Trinajstić information content (AvgIpc) is 2.61. The van der Waals surface area contributed by atoms with Crippen LogP contribution in [0.3, 0.4) is 0 Å². The van der Waals surface area contributed by atoms with Gasteiger partial charge in [-0.15, -0.1) is 0 Å². The van der Waals surface area contributed by atoms with Crippen LogP contribution in [-0.2, 0) is 14.4 Å². The van der Waals surface area contributed by atoms with Crippen LogP contribution in [0, 0.1) is 0 Å². The van der Waals surface area contributed by atoms with Crippen LogP contribution in [0.2, 0.25) is 0 Å². The zero-order valence-corrected chi connectivity index (χ0v) is 14.6. The molecule has 0 radical (unpaired) electrons. The van der Waals surface area contributed by atoms with Gasteiger partial charge in [0.15, 0.2) is 0 Å². The van der Waals surface area contributed by atoms with Crippen LogP contribution in [-0.4, -0.2) is 62.1 Å². The Labute approximate surface area is 152 Å². The maximum absolute atomic E-state index is 12.7. The van der Waals surface area contributed by atoms with Gasteiger partial charge in [0.1, 0.15) is 17.5 Å². The molecule has 2 rings (SSSR count). The number of alkyl halides is 3. The highest BCUT2D eigenvalue weighted by atomic mass is 19.4. The van der Waals surface area contributed by atoms with Crippen molar-refractivity contribution in [2.24, 2.45) is 0 Å². The van der Waals surface area contributed by atoms with Crippen LogP contribution in [0.5, 0.6) is 11.5 Å². The van der Waals surface area contributed by atoms with E-state index in [1.165, 1.54) is 26.4 Å². The number of amides is 3. The van der Waals surface area contributed by atoms with Crippen molar-refractivity contribution >= 4 is 23.4 Å². The molecule has 1 fully saturated rings. The average molecular weight is 389 g/mol. The van der Waals surface area contributed by atoms with E-state index < -0.39 is 36.4 Å². The summed E-state index contributed by atoms with van der Waals surface area (Å²) in [5.74, 6) is -3.04. The second-order valence-corrected chi connectivity index (χ2v) is 5.62. The maximum Gasteiger partial charge on any atom is 0.471 e. The van der Waals surface area contributed by atoms with Gasteiger partial charge in [-0.05, 0) is 12.1 Å². The fourth-order valence-corrected chi connectivity index (χ4v) is 2.61. The van der Waals surface area contributed by atoms with E-state index in [0.717, 1.165) is 0 Å². The molecule has 1 atom stereocenters. The summed E-state index contributed by atoms with van der Waals surface area (Å²) in [4.78, 5) is 36.2. The Morgan fingerprint density at radius 1 is 1.30 bits per heavy atom. The molecule has 8 nitrogen and oxygen atoms in total. The lowest BCUT2D eigenvalue weighted by atomic mass is 10.1. The number of ether oxygens (including phenoxy) is 2. The van der Waals surface area contributed by atoms with Gasteiger partial charge in [-0.2, -0.15) is 13.2 Å². The lowest BCUT2D eigenvalue weighted by molar-refractivity contribution is -0.189. The molecule has 1 aliphatic heterocycles. The quantitative estimate of drug-likeness (QED) is 0.781. The van der Waals surface area contributed by atoms with Gasteiger partial charge in [-0.1, -0.05) is 0 Å². The monoisotopic (exact) mass is 389 g/mol. The Kier molecular flexibility index (Phi) is 6.13. The first-order valence-electron chi connectivity index (χ1n) is 7.84. The van der Waals surface area contributed by atoms with Crippen LogP contribution < -0.4 is 20.1 Å². The number of hydrogen-bond acceptors (Lipinski definition) is 5. The van der Waals surface area contributed by atoms with Gasteiger partial charge in [0.05, 0.1) is 26.3 Å². The van der Waals surface area contributed by atoms with Crippen LogP contribution in [0.25, 0.3) is 0 Å². The number of anilines is 1. The fourth-order valence-electron chi connectivity index (χ4n) is 2.61. The molecule has 0 saturated carbocycles. The lowest BCUT2D eigenvalue weighted by Crippen LogP contribution is -2.60. The van der Waals surface area contributed by atoms with Gasteiger partial charge in [0.25, 0.3) is 0 Å². The fraction of sp³-hybridized carbons (Fsp3) is 0.438. The molecule has 0 spiro atoms. The Morgan fingerprint density at radius 2 is 2.00 bits per heavy atom. The minimum Gasteiger partial charge on any atom is -0.497 e. The molecule has 0 aliphatic carbocycles. The van der Waals surface area contributed by atoms with Gasteiger partial charge in [-0.25, -0.2) is 0 Å². The van der Waals surface area contributed by atoms with Crippen molar-refractivity contribution < 1.29 is 37.0 Å². The molecular weight excluding hydrogens is 371 g/mol. The third-order valence-electron chi connectivity index (χ3n) is 3.89. The highest BCUT2D eigenvalue weighted by molar-refractivity contribution is 5.98. The predicted molar refractivity (Wildman–Crippen MR) is 87.4 cm³/mol. The summed E-state index contributed by atoms with van der Waals surface area (Å²) in [6.07, 6.45) is -5.78. The van der Waals surface area contributed by atoms with Gasteiger partial charge in [0, 0.05) is 19.2 Å². The van der Waals surface area contributed by atoms with E-state index in [4.69, 9.17) is 9.47 Å². The summed E-state index contributed by atoms with van der Waals surface area (Å²) in [6.45, 7) is -0.465. The van der Waals surface area contributed by atoms with Gasteiger partial charge in [-0.3, -0.25) is 14.4 Å². The van der Waals surface area contributed by atoms with E-state index in [1.807, 2.05) is 0 Å². The number of carbonyl (C=O) groups excluding carboxylic acids is 3. The number of carbonyl (C=O) groups is 3. The van der Waals surface area contributed by atoms with Crippen LogP contribution in [0.4, 0.5) is 18.9 Å². The smallest absolute Gasteiger partial charge is 0.471 e. The Morgan fingerprint density at radius 3 is 2.59 bits per heavy atom. The predicted octanol–water partition coefficient (Wildman–Crippen LogP) is 0.922. The Balaban J connectivity index is 2.17. The van der Waals surface area contributed by atoms with Crippen LogP contribution in [0.15, 0.2) is 18.2 Å². The number of nitrogens with zero attached hydrogens (tertiary/aromatic N) is 1. The van der Waals surface area contributed by atoms with E-state index in [1.54, 1.807) is 6.07 Å². The molecule has 0 bridgehead atoms. The third-order valence-corrected chi connectivity index (χ3v) is 3.89. The van der Waals surface area contributed by atoms with Gasteiger partial charge >= 0.3 is 12.1 Å². The lowest BCUT2D eigenvalue weighted by Gasteiger charge is -2.35. The van der Waals surface area contributed by atoms with E-state index in [-0.39, 0.29) is 18.8 Å². The SMILES string of the molecule is COc1ccc(OC)c(NC(=O)C[C@H]2C(=O)NCCN2C(=O)C(F)(F)F)c1. The van der Waals surface area contributed by atoms with Crippen molar-refractivity contribution in [2.45, 2.75) is 18.6 Å². The Bertz CT molecular complexity index is 739. The van der Waals surface area contributed by atoms with Crippen molar-refractivity contribution in [3.63, 3.8) is 0 Å². The molecule has 1 saturated heterocycles. The Hall–Kier alpha value is -2.98. The maximum atomic E-state index is 12.7. The molecule has 1 aromatic carbocycles. The molecule has 148 valence electrons. The van der Waals surface area contributed by atoms with Crippen LogP contribution >= 0.6 is 0 Å². The van der Waals surface area contributed by atoms with Crippen molar-refractivity contribution in [2.75, 3.05) is 32.6 Å². The first-order chi connectivity index (χ1) is 12.7. The molecule has 1 aromatic rings. The highest BCUT2D eigenvalue weighted by Crippen LogP contribution is 2.29. The number of methoxy groups -OCH3 is 2. The number of hydrogen-bond donors (Lipinski definition) is 2. The summed E-state index contributed by atoms with van der Waals surface area (Å²) in [7, 11) is 2.79. The second-order valence-electron chi connectivity index (χ2n) is 5.62. The molecule has 1 aliphatic rings.